The van der Waals surface area contributed by atoms with Gasteiger partial charge in [-0.25, -0.2) is 9.07 Å². The van der Waals surface area contributed by atoms with Crippen molar-refractivity contribution in [2.45, 2.75) is 13.0 Å². The van der Waals surface area contributed by atoms with Gasteiger partial charge in [0, 0.05) is 26.3 Å². The van der Waals surface area contributed by atoms with Gasteiger partial charge in [-0.3, -0.25) is 4.79 Å². The van der Waals surface area contributed by atoms with Crippen molar-refractivity contribution in [2.24, 2.45) is 5.73 Å². The van der Waals surface area contributed by atoms with Crippen molar-refractivity contribution >= 4 is 5.91 Å². The lowest BCUT2D eigenvalue weighted by Gasteiger charge is -2.13. The number of hydrogen-bond acceptors (Lipinski definition) is 3. The van der Waals surface area contributed by atoms with Crippen LogP contribution >= 0.6 is 0 Å². The number of rotatable bonds is 3. The number of halogens is 1. The summed E-state index contributed by atoms with van der Waals surface area (Å²) >= 11 is 0. The molecule has 5 nitrogen and oxygen atoms in total. The van der Waals surface area contributed by atoms with Crippen LogP contribution in [-0.4, -0.2) is 34.7 Å². The van der Waals surface area contributed by atoms with Gasteiger partial charge < -0.3 is 10.6 Å². The van der Waals surface area contributed by atoms with Crippen molar-refractivity contribution in [1.29, 1.82) is 0 Å². The molecule has 0 aliphatic rings. The molecule has 0 aliphatic heterocycles. The Balaban J connectivity index is 2.50. The van der Waals surface area contributed by atoms with Crippen LogP contribution in [0.5, 0.6) is 0 Å². The zero-order chi connectivity index (χ0) is 14.9. The van der Waals surface area contributed by atoms with Crippen LogP contribution in [0.4, 0.5) is 4.39 Å². The van der Waals surface area contributed by atoms with Crippen LogP contribution in [0, 0.1) is 5.82 Å². The molecule has 1 aromatic carbocycles. The summed E-state index contributed by atoms with van der Waals surface area (Å²) in [7, 11) is 3.27. The number of nitrogens with zero attached hydrogens (tertiary/aromatic N) is 3. The van der Waals surface area contributed by atoms with Gasteiger partial charge in [0.2, 0.25) is 0 Å². The maximum Gasteiger partial charge on any atom is 0.273 e. The lowest BCUT2D eigenvalue weighted by molar-refractivity contribution is 0.0821. The van der Waals surface area contributed by atoms with Crippen molar-refractivity contribution in [2.75, 3.05) is 14.1 Å². The van der Waals surface area contributed by atoms with E-state index in [0.29, 0.717) is 5.56 Å². The molecule has 1 atom stereocenters. The molecule has 1 aromatic heterocycles. The van der Waals surface area contributed by atoms with Gasteiger partial charge in [0.05, 0.1) is 0 Å². The highest BCUT2D eigenvalue weighted by Crippen LogP contribution is 2.23. The molecule has 2 rings (SSSR count). The normalized spacial score (nSPS) is 12.2. The smallest absolute Gasteiger partial charge is 0.273 e. The first kappa shape index (κ1) is 14.2. The number of benzene rings is 1. The minimum atomic E-state index is -0.424. The second-order valence-corrected chi connectivity index (χ2v) is 4.81. The van der Waals surface area contributed by atoms with Crippen molar-refractivity contribution in [1.82, 2.24) is 14.7 Å². The fourth-order valence-electron chi connectivity index (χ4n) is 1.93. The predicted molar refractivity (Wildman–Crippen MR) is 74.1 cm³/mol. The molecular weight excluding hydrogens is 259 g/mol. The highest BCUT2D eigenvalue weighted by molar-refractivity contribution is 5.91. The van der Waals surface area contributed by atoms with E-state index in [1.165, 1.54) is 15.6 Å². The minimum absolute atomic E-state index is 0.234. The Morgan fingerprint density at radius 3 is 2.70 bits per heavy atom. The van der Waals surface area contributed by atoms with E-state index in [9.17, 15) is 9.18 Å². The molecule has 0 unspecified atom stereocenters. The number of amides is 1. The Morgan fingerprint density at radius 1 is 1.40 bits per heavy atom. The average molecular weight is 276 g/mol. The Hall–Kier alpha value is -2.21. The quantitative estimate of drug-likeness (QED) is 0.928. The highest BCUT2D eigenvalue weighted by Gasteiger charge is 2.17. The predicted octanol–water partition coefficient (Wildman–Crippen LogP) is 1.73. The molecule has 1 heterocycles. The van der Waals surface area contributed by atoms with Gasteiger partial charge in [-0.1, -0.05) is 12.1 Å². The first-order valence-electron chi connectivity index (χ1n) is 6.23. The number of hydrogen-bond donors (Lipinski definition) is 1. The van der Waals surface area contributed by atoms with Gasteiger partial charge in [0.15, 0.2) is 5.69 Å². The van der Waals surface area contributed by atoms with Crippen LogP contribution in [0.15, 0.2) is 30.5 Å². The van der Waals surface area contributed by atoms with Crippen molar-refractivity contribution in [3.05, 3.63) is 47.5 Å². The summed E-state index contributed by atoms with van der Waals surface area (Å²) in [6.07, 6.45) is 1.56. The zero-order valence-electron chi connectivity index (χ0n) is 11.7. The molecule has 0 radical (unpaired) electrons. The second-order valence-electron chi connectivity index (χ2n) is 4.81. The molecule has 0 saturated heterocycles. The van der Waals surface area contributed by atoms with E-state index in [-0.39, 0.29) is 23.3 Å². The van der Waals surface area contributed by atoms with E-state index in [1.54, 1.807) is 45.4 Å². The number of nitrogens with two attached hydrogens (primary N) is 1. The molecular formula is C14H17FN4O. The van der Waals surface area contributed by atoms with E-state index >= 15 is 0 Å². The molecule has 0 aliphatic carbocycles. The zero-order valence-corrected chi connectivity index (χ0v) is 11.7. The molecule has 0 spiro atoms. The molecule has 0 saturated carbocycles. The van der Waals surface area contributed by atoms with Crippen molar-refractivity contribution in [3.63, 3.8) is 0 Å². The van der Waals surface area contributed by atoms with Gasteiger partial charge in [-0.05, 0) is 24.6 Å². The van der Waals surface area contributed by atoms with Gasteiger partial charge >= 0.3 is 0 Å². The van der Waals surface area contributed by atoms with E-state index in [1.807, 2.05) is 0 Å². The summed E-state index contributed by atoms with van der Waals surface area (Å²) in [5, 5.41) is 4.14. The van der Waals surface area contributed by atoms with E-state index in [2.05, 4.69) is 5.10 Å². The maximum absolute atomic E-state index is 14.1. The average Bonchev–Trinajstić information content (AvgIpc) is 2.86. The Labute approximate surface area is 116 Å². The molecule has 20 heavy (non-hydrogen) atoms. The standard InChI is InChI=1S/C14H17FN4O/c1-9(16)10-5-4-6-11(15)13(10)19-8-7-12(17-19)14(20)18(2)3/h4-9H,16H2,1-3H3/t9-/m1/s1. The van der Waals surface area contributed by atoms with Crippen LogP contribution in [0.2, 0.25) is 0 Å². The van der Waals surface area contributed by atoms with E-state index < -0.39 is 5.82 Å². The largest absolute Gasteiger partial charge is 0.343 e. The van der Waals surface area contributed by atoms with E-state index in [4.69, 9.17) is 5.73 Å². The molecule has 6 heteroatoms. The van der Waals surface area contributed by atoms with Crippen LogP contribution in [0.3, 0.4) is 0 Å². The third-order valence-corrected chi connectivity index (χ3v) is 2.95. The van der Waals surface area contributed by atoms with Gasteiger partial charge in [0.1, 0.15) is 11.5 Å². The highest BCUT2D eigenvalue weighted by atomic mass is 19.1. The third kappa shape index (κ3) is 2.55. The van der Waals surface area contributed by atoms with Crippen LogP contribution < -0.4 is 5.73 Å². The van der Waals surface area contributed by atoms with Crippen molar-refractivity contribution < 1.29 is 9.18 Å². The Morgan fingerprint density at radius 2 is 2.10 bits per heavy atom. The summed E-state index contributed by atoms with van der Waals surface area (Å²) < 4.78 is 15.4. The number of carbonyl (C=O) groups excluding carboxylic acids is 1. The first-order valence-corrected chi connectivity index (χ1v) is 6.23. The van der Waals surface area contributed by atoms with Crippen LogP contribution in [-0.2, 0) is 0 Å². The molecule has 1 amide bonds. The summed E-state index contributed by atoms with van der Waals surface area (Å²) in [5.41, 5.74) is 7.02. The fraction of sp³-hybridized carbons (Fsp3) is 0.286. The first-order chi connectivity index (χ1) is 9.41. The lowest BCUT2D eigenvalue weighted by Crippen LogP contribution is -2.22. The summed E-state index contributed by atoms with van der Waals surface area (Å²) in [5.74, 6) is -0.658. The van der Waals surface area contributed by atoms with Gasteiger partial charge in [-0.15, -0.1) is 0 Å². The van der Waals surface area contributed by atoms with Gasteiger partial charge in [-0.2, -0.15) is 5.10 Å². The third-order valence-electron chi connectivity index (χ3n) is 2.95. The molecule has 0 fully saturated rings. The second kappa shape index (κ2) is 5.42. The summed E-state index contributed by atoms with van der Waals surface area (Å²) in [4.78, 5) is 13.2. The van der Waals surface area contributed by atoms with Crippen LogP contribution in [0.1, 0.15) is 29.0 Å². The van der Waals surface area contributed by atoms with E-state index in [0.717, 1.165) is 0 Å². The molecule has 0 bridgehead atoms. The minimum Gasteiger partial charge on any atom is -0.343 e. The Bertz CT molecular complexity index is 634. The monoisotopic (exact) mass is 276 g/mol. The molecule has 106 valence electrons. The maximum atomic E-state index is 14.1. The number of aromatic nitrogens is 2. The number of carbonyl (C=O) groups is 1. The number of para-hydroxylation sites is 1. The molecule has 2 aromatic rings. The Kier molecular flexibility index (Phi) is 3.85. The molecule has 2 N–H and O–H groups in total. The lowest BCUT2D eigenvalue weighted by atomic mass is 10.1. The SMILES string of the molecule is C[C@@H](N)c1cccc(F)c1-n1ccc(C(=O)N(C)C)n1. The van der Waals surface area contributed by atoms with Crippen molar-refractivity contribution in [3.8, 4) is 5.69 Å². The fourth-order valence-corrected chi connectivity index (χ4v) is 1.93. The summed E-state index contributed by atoms with van der Waals surface area (Å²) in [6, 6.07) is 5.92. The summed E-state index contributed by atoms with van der Waals surface area (Å²) in [6.45, 7) is 1.77. The van der Waals surface area contributed by atoms with Gasteiger partial charge in [0.25, 0.3) is 5.91 Å². The topological polar surface area (TPSA) is 64.2 Å². The van der Waals surface area contributed by atoms with Crippen LogP contribution in [0.25, 0.3) is 5.69 Å².